The molecule has 2 heterocycles. The van der Waals surface area contributed by atoms with Crippen LogP contribution >= 0.6 is 0 Å². The van der Waals surface area contributed by atoms with E-state index in [2.05, 4.69) is 15.1 Å². The first-order valence-electron chi connectivity index (χ1n) is 12.0. The van der Waals surface area contributed by atoms with Crippen LogP contribution in [-0.2, 0) is 9.53 Å². The second-order valence-electron chi connectivity index (χ2n) is 8.61. The Kier molecular flexibility index (Phi) is 8.63. The molecule has 2 amide bonds. The van der Waals surface area contributed by atoms with Crippen LogP contribution in [0.5, 0.6) is 5.75 Å². The first kappa shape index (κ1) is 26.0. The van der Waals surface area contributed by atoms with Gasteiger partial charge < -0.3 is 24.2 Å². The van der Waals surface area contributed by atoms with Gasteiger partial charge in [0.15, 0.2) is 5.82 Å². The number of methoxy groups -OCH3 is 2. The van der Waals surface area contributed by atoms with Crippen LogP contribution in [0, 0.1) is 5.82 Å². The molecule has 10 heteroatoms. The highest BCUT2D eigenvalue weighted by Crippen LogP contribution is 2.23. The molecule has 0 spiro atoms. The number of anilines is 1. The molecule has 2 aromatic carbocycles. The van der Waals surface area contributed by atoms with Gasteiger partial charge in [0.05, 0.1) is 19.4 Å². The normalized spacial score (nSPS) is 13.4. The lowest BCUT2D eigenvalue weighted by atomic mass is 10.1. The van der Waals surface area contributed by atoms with E-state index < -0.39 is 11.7 Å². The third kappa shape index (κ3) is 6.59. The molecule has 3 aromatic rings. The molecule has 0 unspecified atom stereocenters. The molecule has 0 saturated carbocycles. The highest BCUT2D eigenvalue weighted by molar-refractivity contribution is 5.96. The van der Waals surface area contributed by atoms with Gasteiger partial charge in [-0.3, -0.25) is 9.59 Å². The number of carbonyl (C=O) groups excluding carboxylic acids is 2. The van der Waals surface area contributed by atoms with Crippen LogP contribution in [0.2, 0.25) is 0 Å². The molecule has 0 atom stereocenters. The second-order valence-corrected chi connectivity index (χ2v) is 8.61. The summed E-state index contributed by atoms with van der Waals surface area (Å²) in [7, 11) is 3.15. The van der Waals surface area contributed by atoms with Gasteiger partial charge in [-0.2, -0.15) is 0 Å². The lowest BCUT2D eigenvalue weighted by Crippen LogP contribution is -2.52. The lowest BCUT2D eigenvalue weighted by molar-refractivity contribution is -0.132. The summed E-state index contributed by atoms with van der Waals surface area (Å²) in [6.07, 6.45) is 0. The average molecular weight is 508 g/mol. The maximum absolute atomic E-state index is 13.6. The van der Waals surface area contributed by atoms with Gasteiger partial charge in [0.2, 0.25) is 5.91 Å². The van der Waals surface area contributed by atoms with Gasteiger partial charge in [0.1, 0.15) is 18.1 Å². The number of piperazine rings is 1. The van der Waals surface area contributed by atoms with Crippen molar-refractivity contribution in [2.75, 3.05) is 65.0 Å². The van der Waals surface area contributed by atoms with Crippen molar-refractivity contribution in [3.05, 3.63) is 72.0 Å². The predicted molar refractivity (Wildman–Crippen MR) is 137 cm³/mol. The van der Waals surface area contributed by atoms with E-state index in [0.29, 0.717) is 26.2 Å². The molecular formula is C27H30FN5O4. The Morgan fingerprint density at radius 2 is 1.76 bits per heavy atom. The molecule has 4 rings (SSSR count). The number of nitrogens with zero attached hydrogens (tertiary/aromatic N) is 5. The Hall–Kier alpha value is -4.05. The minimum atomic E-state index is -0.500. The van der Waals surface area contributed by atoms with Crippen molar-refractivity contribution in [3.63, 3.8) is 0 Å². The number of hydrogen-bond acceptors (Lipinski definition) is 7. The highest BCUT2D eigenvalue weighted by Gasteiger charge is 2.26. The minimum absolute atomic E-state index is 0.103. The van der Waals surface area contributed by atoms with Crippen molar-refractivity contribution in [2.24, 2.45) is 0 Å². The third-order valence-electron chi connectivity index (χ3n) is 6.22. The molecule has 0 radical (unpaired) electrons. The molecule has 194 valence electrons. The summed E-state index contributed by atoms with van der Waals surface area (Å²) in [5.41, 5.74) is 1.86. The second kappa shape index (κ2) is 12.3. The molecule has 1 aliphatic heterocycles. The smallest absolute Gasteiger partial charge is 0.254 e. The molecule has 1 aliphatic rings. The summed E-state index contributed by atoms with van der Waals surface area (Å²) in [5, 5.41) is 8.75. The Morgan fingerprint density at radius 1 is 0.973 bits per heavy atom. The predicted octanol–water partition coefficient (Wildman–Crippen LogP) is 2.73. The molecule has 0 bridgehead atoms. The molecule has 1 aromatic heterocycles. The number of aromatic nitrogens is 2. The van der Waals surface area contributed by atoms with Gasteiger partial charge >= 0.3 is 0 Å². The van der Waals surface area contributed by atoms with Crippen LogP contribution in [0.15, 0.2) is 60.7 Å². The zero-order valence-electron chi connectivity index (χ0n) is 21.0. The van der Waals surface area contributed by atoms with Crippen molar-refractivity contribution >= 4 is 17.6 Å². The molecular weight excluding hydrogens is 477 g/mol. The largest absolute Gasteiger partial charge is 0.497 e. The molecule has 0 aliphatic carbocycles. The average Bonchev–Trinajstić information content (AvgIpc) is 2.95. The van der Waals surface area contributed by atoms with E-state index in [1.807, 2.05) is 36.4 Å². The summed E-state index contributed by atoms with van der Waals surface area (Å²) >= 11 is 0. The molecule has 1 saturated heterocycles. The third-order valence-corrected chi connectivity index (χ3v) is 6.22. The van der Waals surface area contributed by atoms with Gasteiger partial charge in [-0.25, -0.2) is 4.39 Å². The van der Waals surface area contributed by atoms with E-state index in [-0.39, 0.29) is 31.2 Å². The number of ether oxygens (including phenoxy) is 2. The van der Waals surface area contributed by atoms with E-state index in [1.54, 1.807) is 12.0 Å². The topological polar surface area (TPSA) is 88.1 Å². The van der Waals surface area contributed by atoms with Gasteiger partial charge in [-0.15, -0.1) is 10.2 Å². The van der Waals surface area contributed by atoms with Gasteiger partial charge in [-0.05, 0) is 42.5 Å². The van der Waals surface area contributed by atoms with Crippen molar-refractivity contribution < 1.29 is 23.5 Å². The number of benzene rings is 2. The van der Waals surface area contributed by atoms with Crippen LogP contribution in [0.25, 0.3) is 11.3 Å². The molecule has 0 N–H and O–H groups in total. The first-order valence-corrected chi connectivity index (χ1v) is 12.0. The van der Waals surface area contributed by atoms with Crippen LogP contribution in [-0.4, -0.2) is 91.9 Å². The summed E-state index contributed by atoms with van der Waals surface area (Å²) in [5.74, 6) is 0.416. The molecule has 1 fully saturated rings. The summed E-state index contributed by atoms with van der Waals surface area (Å²) in [4.78, 5) is 31.2. The molecule has 9 nitrogen and oxygen atoms in total. The van der Waals surface area contributed by atoms with Crippen LogP contribution < -0.4 is 9.64 Å². The Morgan fingerprint density at radius 3 is 2.43 bits per heavy atom. The Balaban J connectivity index is 1.35. The van der Waals surface area contributed by atoms with Gasteiger partial charge in [0, 0.05) is 51.0 Å². The molecule has 37 heavy (non-hydrogen) atoms. The highest BCUT2D eigenvalue weighted by atomic mass is 19.1. The number of hydrogen-bond donors (Lipinski definition) is 0. The summed E-state index contributed by atoms with van der Waals surface area (Å²) < 4.78 is 24.0. The quantitative estimate of drug-likeness (QED) is 0.440. The number of amides is 2. The van der Waals surface area contributed by atoms with Crippen molar-refractivity contribution in [1.29, 1.82) is 0 Å². The zero-order valence-corrected chi connectivity index (χ0v) is 21.0. The van der Waals surface area contributed by atoms with Crippen LogP contribution in [0.3, 0.4) is 0 Å². The monoisotopic (exact) mass is 507 g/mol. The van der Waals surface area contributed by atoms with Gasteiger partial charge in [0.25, 0.3) is 5.91 Å². The van der Waals surface area contributed by atoms with E-state index in [4.69, 9.17) is 9.47 Å². The van der Waals surface area contributed by atoms with E-state index in [9.17, 15) is 14.0 Å². The van der Waals surface area contributed by atoms with Crippen molar-refractivity contribution in [1.82, 2.24) is 20.0 Å². The maximum Gasteiger partial charge on any atom is 0.254 e. The minimum Gasteiger partial charge on any atom is -0.497 e. The van der Waals surface area contributed by atoms with E-state index >= 15 is 0 Å². The fourth-order valence-electron chi connectivity index (χ4n) is 4.14. The lowest BCUT2D eigenvalue weighted by Gasteiger charge is -2.36. The number of rotatable bonds is 9. The maximum atomic E-state index is 13.6. The van der Waals surface area contributed by atoms with Crippen LogP contribution in [0.4, 0.5) is 10.2 Å². The number of carbonyl (C=O) groups is 2. The fraction of sp³-hybridized carbons (Fsp3) is 0.333. The SMILES string of the molecule is COCCN(CC(=O)N1CCN(c2ccc(-c3cccc(OC)c3)nn2)CC1)C(=O)c1cccc(F)c1. The zero-order chi connectivity index (χ0) is 26.2. The Labute approximate surface area is 215 Å². The standard InChI is InChI=1S/C27H30FN5O4/c1-36-16-15-33(27(35)21-6-3-7-22(28)17-21)19-26(34)32-13-11-31(12-14-32)25-10-9-24(29-30-25)20-5-4-8-23(18-20)37-2/h3-10,17-18H,11-16,19H2,1-2H3. The first-order chi connectivity index (χ1) is 18.0. The summed E-state index contributed by atoms with van der Waals surface area (Å²) in [6.45, 7) is 2.56. The van der Waals surface area contributed by atoms with Gasteiger partial charge in [-0.1, -0.05) is 18.2 Å². The van der Waals surface area contributed by atoms with E-state index in [1.165, 1.54) is 36.3 Å². The van der Waals surface area contributed by atoms with Crippen LogP contribution in [0.1, 0.15) is 10.4 Å². The fourth-order valence-corrected chi connectivity index (χ4v) is 4.14. The van der Waals surface area contributed by atoms with Crippen molar-refractivity contribution in [3.8, 4) is 17.0 Å². The Bertz CT molecular complexity index is 1220. The number of halogens is 1. The summed E-state index contributed by atoms with van der Waals surface area (Å²) in [6, 6.07) is 16.9. The van der Waals surface area contributed by atoms with E-state index in [0.717, 1.165) is 22.8 Å². The van der Waals surface area contributed by atoms with Crippen molar-refractivity contribution in [2.45, 2.75) is 0 Å².